The van der Waals surface area contributed by atoms with Crippen LogP contribution in [0, 0.1) is 0 Å². The lowest BCUT2D eigenvalue weighted by Gasteiger charge is -2.33. The Morgan fingerprint density at radius 2 is 1.82 bits per heavy atom. The van der Waals surface area contributed by atoms with E-state index >= 15 is 0 Å². The molecule has 6 heteroatoms. The lowest BCUT2D eigenvalue weighted by molar-refractivity contribution is -0.914. The number of benzene rings is 1. The summed E-state index contributed by atoms with van der Waals surface area (Å²) in [5.41, 5.74) is 0.715. The van der Waals surface area contributed by atoms with Gasteiger partial charge in [0, 0.05) is 18.7 Å². The van der Waals surface area contributed by atoms with Gasteiger partial charge in [0.15, 0.2) is 0 Å². The molecule has 1 aromatic carbocycles. The van der Waals surface area contributed by atoms with Crippen molar-refractivity contribution in [1.82, 2.24) is 9.55 Å². The predicted octanol–water partition coefficient (Wildman–Crippen LogP) is -1.02. The fourth-order valence-electron chi connectivity index (χ4n) is 2.84. The Bertz CT molecular complexity index is 711. The summed E-state index contributed by atoms with van der Waals surface area (Å²) < 4.78 is 1.08. The molecule has 6 nitrogen and oxygen atoms in total. The molecule has 2 aromatic rings. The molecular weight excluding hydrogens is 280 g/mol. The van der Waals surface area contributed by atoms with Crippen LogP contribution in [0.5, 0.6) is 0 Å². The van der Waals surface area contributed by atoms with Crippen molar-refractivity contribution < 1.29 is 4.90 Å². The number of piperazine rings is 1. The number of aromatic amines is 1. The molecule has 0 amide bonds. The first-order valence-electron chi connectivity index (χ1n) is 7.56. The van der Waals surface area contributed by atoms with Gasteiger partial charge in [-0.3, -0.25) is 14.3 Å². The van der Waals surface area contributed by atoms with Gasteiger partial charge in [0.2, 0.25) is 0 Å². The monoisotopic (exact) mass is 301 g/mol. The van der Waals surface area contributed by atoms with E-state index in [-0.39, 0.29) is 11.2 Å². The van der Waals surface area contributed by atoms with E-state index in [4.69, 9.17) is 0 Å². The summed E-state index contributed by atoms with van der Waals surface area (Å²) in [6.07, 6.45) is 0. The molecule has 1 fully saturated rings. The van der Waals surface area contributed by atoms with Crippen molar-refractivity contribution in [3.8, 4) is 0 Å². The Kier molecular flexibility index (Phi) is 4.11. The van der Waals surface area contributed by atoms with Crippen LogP contribution < -0.4 is 21.0 Å². The minimum absolute atomic E-state index is 0.266. The van der Waals surface area contributed by atoms with Crippen molar-refractivity contribution >= 4 is 5.82 Å². The van der Waals surface area contributed by atoms with E-state index in [0.717, 1.165) is 37.3 Å². The standard InChI is InChI=1S/C16H20N4O2/c1-18-15(21)11-14(17-16(18)22)20-9-7-19(8-10-20)12-13-5-3-2-4-6-13/h2-6,11H,7-10,12H2,1H3,(H,17,22)/p+1. The minimum atomic E-state index is -0.360. The van der Waals surface area contributed by atoms with Crippen LogP contribution in [0.1, 0.15) is 5.56 Å². The van der Waals surface area contributed by atoms with E-state index in [1.807, 2.05) is 6.07 Å². The van der Waals surface area contributed by atoms with Crippen LogP contribution >= 0.6 is 0 Å². The van der Waals surface area contributed by atoms with E-state index in [0.29, 0.717) is 5.82 Å². The van der Waals surface area contributed by atoms with Gasteiger partial charge in [-0.2, -0.15) is 0 Å². The van der Waals surface area contributed by atoms with Gasteiger partial charge in [0.05, 0.1) is 26.2 Å². The second-order valence-corrected chi connectivity index (χ2v) is 5.76. The first-order valence-corrected chi connectivity index (χ1v) is 7.56. The summed E-state index contributed by atoms with van der Waals surface area (Å²) in [4.78, 5) is 29.8. The van der Waals surface area contributed by atoms with Gasteiger partial charge in [0.25, 0.3) is 5.56 Å². The van der Waals surface area contributed by atoms with Gasteiger partial charge < -0.3 is 9.80 Å². The summed E-state index contributed by atoms with van der Waals surface area (Å²) in [7, 11) is 1.48. The summed E-state index contributed by atoms with van der Waals surface area (Å²) >= 11 is 0. The van der Waals surface area contributed by atoms with Crippen LogP contribution in [0.15, 0.2) is 46.0 Å². The molecule has 0 bridgehead atoms. The molecule has 0 radical (unpaired) electrons. The van der Waals surface area contributed by atoms with Crippen LogP contribution in [-0.4, -0.2) is 35.7 Å². The molecule has 3 rings (SSSR count). The molecule has 2 N–H and O–H groups in total. The van der Waals surface area contributed by atoms with Gasteiger partial charge >= 0.3 is 5.69 Å². The van der Waals surface area contributed by atoms with Crippen LogP contribution in [0.3, 0.4) is 0 Å². The third kappa shape index (κ3) is 3.12. The molecule has 0 atom stereocenters. The van der Waals surface area contributed by atoms with Gasteiger partial charge in [-0.15, -0.1) is 0 Å². The van der Waals surface area contributed by atoms with Crippen LogP contribution in [0.2, 0.25) is 0 Å². The number of rotatable bonds is 3. The maximum Gasteiger partial charge on any atom is 0.329 e. The third-order valence-corrected chi connectivity index (χ3v) is 4.24. The SMILES string of the molecule is Cn1c(=O)cc(N2CC[NH+](Cc3ccccc3)CC2)[nH]c1=O. The van der Waals surface area contributed by atoms with Crippen LogP contribution in [0.4, 0.5) is 5.82 Å². The predicted molar refractivity (Wildman–Crippen MR) is 85.4 cm³/mol. The number of hydrogen-bond acceptors (Lipinski definition) is 3. The Morgan fingerprint density at radius 1 is 1.14 bits per heavy atom. The molecule has 0 spiro atoms. The van der Waals surface area contributed by atoms with Crippen molar-refractivity contribution in [3.63, 3.8) is 0 Å². The zero-order valence-corrected chi connectivity index (χ0v) is 12.7. The van der Waals surface area contributed by atoms with Gasteiger partial charge in [-0.1, -0.05) is 30.3 Å². The maximum absolute atomic E-state index is 11.7. The molecule has 116 valence electrons. The normalized spacial score (nSPS) is 16.0. The fourth-order valence-corrected chi connectivity index (χ4v) is 2.84. The molecule has 1 saturated heterocycles. The van der Waals surface area contributed by atoms with Crippen molar-refractivity contribution in [1.29, 1.82) is 0 Å². The number of nitrogens with zero attached hydrogens (tertiary/aromatic N) is 2. The molecule has 22 heavy (non-hydrogen) atoms. The van der Waals surface area contributed by atoms with Crippen LogP contribution in [-0.2, 0) is 13.6 Å². The molecule has 1 aromatic heterocycles. The number of H-pyrrole nitrogens is 1. The molecule has 0 aliphatic carbocycles. The highest BCUT2D eigenvalue weighted by Crippen LogP contribution is 2.05. The number of hydrogen-bond donors (Lipinski definition) is 2. The van der Waals surface area contributed by atoms with Crippen molar-refractivity contribution in [2.75, 3.05) is 31.1 Å². The lowest BCUT2D eigenvalue weighted by atomic mass is 10.2. The third-order valence-electron chi connectivity index (χ3n) is 4.24. The molecule has 2 heterocycles. The summed E-state index contributed by atoms with van der Waals surface area (Å²) in [5.74, 6) is 0.631. The largest absolute Gasteiger partial charge is 0.347 e. The number of anilines is 1. The first kappa shape index (κ1) is 14.6. The average Bonchev–Trinajstić information content (AvgIpc) is 2.54. The van der Waals surface area contributed by atoms with Crippen molar-refractivity contribution in [2.24, 2.45) is 7.05 Å². The fraction of sp³-hybridized carbons (Fsp3) is 0.375. The summed E-state index contributed by atoms with van der Waals surface area (Å²) in [6.45, 7) is 4.68. The molecular formula is C16H21N4O2+. The topological polar surface area (TPSA) is 62.5 Å². The zero-order chi connectivity index (χ0) is 15.5. The van der Waals surface area contributed by atoms with E-state index in [1.54, 1.807) is 0 Å². The summed E-state index contributed by atoms with van der Waals surface area (Å²) in [5, 5.41) is 0. The Balaban J connectivity index is 1.65. The number of quaternary nitrogens is 1. The maximum atomic E-state index is 11.7. The molecule has 0 saturated carbocycles. The van der Waals surface area contributed by atoms with E-state index in [1.165, 1.54) is 23.6 Å². The average molecular weight is 301 g/mol. The van der Waals surface area contributed by atoms with Crippen molar-refractivity contribution in [3.05, 3.63) is 62.8 Å². The van der Waals surface area contributed by atoms with Crippen molar-refractivity contribution in [2.45, 2.75) is 6.54 Å². The van der Waals surface area contributed by atoms with Gasteiger partial charge in [0.1, 0.15) is 12.4 Å². The first-order chi connectivity index (χ1) is 10.6. The minimum Gasteiger partial charge on any atom is -0.347 e. The Hall–Kier alpha value is -2.34. The molecule has 1 aliphatic heterocycles. The highest BCUT2D eigenvalue weighted by molar-refractivity contribution is 5.36. The van der Waals surface area contributed by atoms with E-state index < -0.39 is 0 Å². The smallest absolute Gasteiger partial charge is 0.329 e. The number of aromatic nitrogens is 2. The molecule has 0 unspecified atom stereocenters. The second-order valence-electron chi connectivity index (χ2n) is 5.76. The lowest BCUT2D eigenvalue weighted by Crippen LogP contribution is -3.13. The quantitative estimate of drug-likeness (QED) is 0.763. The Labute approximate surface area is 128 Å². The summed E-state index contributed by atoms with van der Waals surface area (Å²) in [6, 6.07) is 12.0. The number of nitrogens with one attached hydrogen (secondary N) is 2. The Morgan fingerprint density at radius 3 is 2.45 bits per heavy atom. The highest BCUT2D eigenvalue weighted by atomic mass is 16.2. The highest BCUT2D eigenvalue weighted by Gasteiger charge is 2.21. The second kappa shape index (κ2) is 6.19. The molecule has 1 aliphatic rings. The zero-order valence-electron chi connectivity index (χ0n) is 12.7. The van der Waals surface area contributed by atoms with E-state index in [2.05, 4.69) is 34.1 Å². The van der Waals surface area contributed by atoms with E-state index in [9.17, 15) is 9.59 Å². The van der Waals surface area contributed by atoms with Gasteiger partial charge in [-0.25, -0.2) is 4.79 Å². The van der Waals surface area contributed by atoms with Gasteiger partial charge in [-0.05, 0) is 0 Å². The van der Waals surface area contributed by atoms with Crippen LogP contribution in [0.25, 0.3) is 0 Å².